The molecular weight excluding hydrogens is 222 g/mol. The molecule has 0 bridgehead atoms. The first-order chi connectivity index (χ1) is 8.12. The van der Waals surface area contributed by atoms with Crippen LogP contribution in [0.2, 0.25) is 0 Å². The summed E-state index contributed by atoms with van der Waals surface area (Å²) in [7, 11) is 0. The van der Waals surface area contributed by atoms with Crippen molar-refractivity contribution in [1.29, 1.82) is 0 Å². The van der Waals surface area contributed by atoms with E-state index < -0.39 is 0 Å². The molecule has 1 saturated carbocycles. The van der Waals surface area contributed by atoms with Gasteiger partial charge in [0.15, 0.2) is 0 Å². The van der Waals surface area contributed by atoms with Crippen molar-refractivity contribution >= 4 is 0 Å². The molecule has 0 aromatic carbocycles. The number of rotatable bonds is 3. The molecule has 1 aliphatic carbocycles. The normalized spacial score (nSPS) is 21.3. The molecule has 0 aliphatic heterocycles. The number of nitrogens with zero attached hydrogens (tertiary/aromatic N) is 1. The van der Waals surface area contributed by atoms with Gasteiger partial charge in [0.25, 0.3) is 0 Å². The zero-order chi connectivity index (χ0) is 14.0. The second-order valence-electron chi connectivity index (χ2n) is 7.90. The Hall–Kier alpha value is -0.0800. The topological polar surface area (TPSA) is 12.5 Å². The molecule has 0 aromatic heterocycles. The summed E-state index contributed by atoms with van der Waals surface area (Å²) in [6, 6.07) is 0.416. The molecule has 0 spiro atoms. The number of hydrogen-bond acceptors (Lipinski definition) is 2. The Morgan fingerprint density at radius 2 is 1.44 bits per heavy atom. The molecule has 2 heteroatoms. The predicted octanol–water partition coefficient (Wildman–Crippen LogP) is 4.79. The predicted molar refractivity (Wildman–Crippen MR) is 78.5 cm³/mol. The van der Waals surface area contributed by atoms with E-state index in [0.717, 1.165) is 0 Å². The Morgan fingerprint density at radius 3 is 1.83 bits per heavy atom. The van der Waals surface area contributed by atoms with Crippen molar-refractivity contribution in [2.24, 2.45) is 5.41 Å². The highest BCUT2D eigenvalue weighted by molar-refractivity contribution is 4.83. The first kappa shape index (κ1) is 16.0. The van der Waals surface area contributed by atoms with Gasteiger partial charge in [0.2, 0.25) is 0 Å². The van der Waals surface area contributed by atoms with Crippen LogP contribution in [0.1, 0.15) is 80.6 Å². The van der Waals surface area contributed by atoms with Crippen LogP contribution in [0.4, 0.5) is 0 Å². The summed E-state index contributed by atoms with van der Waals surface area (Å²) in [5, 5.41) is 2.25. The molecule has 1 aliphatic rings. The van der Waals surface area contributed by atoms with E-state index in [1.807, 2.05) is 0 Å². The molecular formula is C16H33NO. The van der Waals surface area contributed by atoms with Gasteiger partial charge in [-0.1, -0.05) is 40.0 Å². The van der Waals surface area contributed by atoms with E-state index in [2.05, 4.69) is 53.5 Å². The van der Waals surface area contributed by atoms with Gasteiger partial charge in [-0.3, -0.25) is 4.84 Å². The highest BCUT2D eigenvalue weighted by Crippen LogP contribution is 2.32. The van der Waals surface area contributed by atoms with Crippen LogP contribution in [0.15, 0.2) is 0 Å². The van der Waals surface area contributed by atoms with Crippen molar-refractivity contribution in [2.45, 2.75) is 98.3 Å². The van der Waals surface area contributed by atoms with Gasteiger partial charge in [0, 0.05) is 11.6 Å². The van der Waals surface area contributed by atoms with E-state index >= 15 is 0 Å². The van der Waals surface area contributed by atoms with Crippen LogP contribution in [0.3, 0.4) is 0 Å². The fraction of sp³-hybridized carbons (Fsp3) is 1.00. The van der Waals surface area contributed by atoms with Crippen molar-refractivity contribution < 1.29 is 4.84 Å². The summed E-state index contributed by atoms with van der Waals surface area (Å²) in [5.41, 5.74) is 0.298. The SMILES string of the molecule is CC(N(OC1CCCCC1)C(C)(C)C)C(C)(C)C. The average molecular weight is 255 g/mol. The smallest absolute Gasteiger partial charge is 0.0793 e. The minimum atomic E-state index is 0.0597. The van der Waals surface area contributed by atoms with Crippen molar-refractivity contribution in [2.75, 3.05) is 0 Å². The van der Waals surface area contributed by atoms with Crippen LogP contribution >= 0.6 is 0 Å². The summed E-state index contributed by atoms with van der Waals surface area (Å²) in [4.78, 5) is 6.38. The Labute approximate surface area is 114 Å². The molecule has 18 heavy (non-hydrogen) atoms. The molecule has 0 amide bonds. The number of hydrogen-bond donors (Lipinski definition) is 0. The molecule has 0 radical (unpaired) electrons. The highest BCUT2D eigenvalue weighted by Gasteiger charge is 2.36. The average Bonchev–Trinajstić information content (AvgIpc) is 2.23. The van der Waals surface area contributed by atoms with Gasteiger partial charge in [-0.15, -0.1) is 0 Å². The molecule has 1 atom stereocenters. The van der Waals surface area contributed by atoms with Gasteiger partial charge < -0.3 is 0 Å². The van der Waals surface area contributed by atoms with Gasteiger partial charge in [0.05, 0.1) is 6.10 Å². The van der Waals surface area contributed by atoms with E-state index in [9.17, 15) is 0 Å². The van der Waals surface area contributed by atoms with Gasteiger partial charge >= 0.3 is 0 Å². The van der Waals surface area contributed by atoms with Crippen LogP contribution in [-0.2, 0) is 4.84 Å². The van der Waals surface area contributed by atoms with Gasteiger partial charge in [-0.05, 0) is 46.0 Å². The molecule has 108 valence electrons. The molecule has 2 nitrogen and oxygen atoms in total. The molecule has 0 saturated heterocycles. The van der Waals surface area contributed by atoms with Gasteiger partial charge in [-0.25, -0.2) is 0 Å². The second-order valence-corrected chi connectivity index (χ2v) is 7.90. The fourth-order valence-electron chi connectivity index (χ4n) is 2.51. The molecule has 1 unspecified atom stereocenters. The molecule has 1 rings (SSSR count). The van der Waals surface area contributed by atoms with Crippen LogP contribution in [-0.4, -0.2) is 22.7 Å². The molecule has 0 heterocycles. The maximum Gasteiger partial charge on any atom is 0.0793 e. The summed E-state index contributed by atoms with van der Waals surface area (Å²) < 4.78 is 0. The van der Waals surface area contributed by atoms with Crippen molar-refractivity contribution in [3.8, 4) is 0 Å². The van der Waals surface area contributed by atoms with Crippen molar-refractivity contribution in [3.05, 3.63) is 0 Å². The summed E-state index contributed by atoms with van der Waals surface area (Å²) >= 11 is 0. The molecule has 1 fully saturated rings. The van der Waals surface area contributed by atoms with Gasteiger partial charge in [-0.2, -0.15) is 5.06 Å². The summed E-state index contributed by atoms with van der Waals surface area (Å²) in [6.07, 6.45) is 6.92. The second kappa shape index (κ2) is 5.92. The van der Waals surface area contributed by atoms with Crippen molar-refractivity contribution in [1.82, 2.24) is 5.06 Å². The summed E-state index contributed by atoms with van der Waals surface area (Å²) in [6.45, 7) is 15.9. The van der Waals surface area contributed by atoms with Gasteiger partial charge in [0.1, 0.15) is 0 Å². The Morgan fingerprint density at radius 1 is 0.944 bits per heavy atom. The minimum absolute atomic E-state index is 0.0597. The molecule has 0 aromatic rings. The molecule has 0 N–H and O–H groups in total. The van der Waals surface area contributed by atoms with Crippen LogP contribution in [0, 0.1) is 5.41 Å². The third kappa shape index (κ3) is 4.55. The third-order valence-electron chi connectivity index (χ3n) is 4.08. The van der Waals surface area contributed by atoms with E-state index in [4.69, 9.17) is 4.84 Å². The lowest BCUT2D eigenvalue weighted by atomic mass is 9.86. The zero-order valence-electron chi connectivity index (χ0n) is 13.5. The van der Waals surface area contributed by atoms with E-state index in [-0.39, 0.29) is 11.0 Å². The first-order valence-electron chi connectivity index (χ1n) is 7.58. The maximum absolute atomic E-state index is 6.38. The van der Waals surface area contributed by atoms with Crippen LogP contribution in [0.25, 0.3) is 0 Å². The minimum Gasteiger partial charge on any atom is -0.295 e. The largest absolute Gasteiger partial charge is 0.295 e. The number of hydroxylamine groups is 2. The first-order valence-corrected chi connectivity index (χ1v) is 7.58. The van der Waals surface area contributed by atoms with E-state index in [0.29, 0.717) is 12.1 Å². The highest BCUT2D eigenvalue weighted by atomic mass is 16.7. The fourth-order valence-corrected chi connectivity index (χ4v) is 2.51. The van der Waals surface area contributed by atoms with Crippen LogP contribution in [0.5, 0.6) is 0 Å². The maximum atomic E-state index is 6.38. The van der Waals surface area contributed by atoms with E-state index in [1.165, 1.54) is 32.1 Å². The Kier molecular flexibility index (Phi) is 5.25. The Bertz CT molecular complexity index is 243. The summed E-state index contributed by atoms with van der Waals surface area (Å²) in [5.74, 6) is 0. The van der Waals surface area contributed by atoms with E-state index in [1.54, 1.807) is 0 Å². The lowest BCUT2D eigenvalue weighted by molar-refractivity contribution is -0.280. The monoisotopic (exact) mass is 255 g/mol. The third-order valence-corrected chi connectivity index (χ3v) is 4.08. The quantitative estimate of drug-likeness (QED) is 0.673. The lowest BCUT2D eigenvalue weighted by Crippen LogP contribution is -2.53. The van der Waals surface area contributed by atoms with Crippen LogP contribution < -0.4 is 0 Å². The zero-order valence-corrected chi connectivity index (χ0v) is 13.5. The Balaban J connectivity index is 2.72. The standard InChI is InChI=1S/C16H33NO/c1-13(15(2,3)4)17(16(5,6)7)18-14-11-9-8-10-12-14/h13-14H,8-12H2,1-7H3. The van der Waals surface area contributed by atoms with Crippen molar-refractivity contribution in [3.63, 3.8) is 0 Å². The lowest BCUT2D eigenvalue weighted by Gasteiger charge is -2.46.